The van der Waals surface area contributed by atoms with Gasteiger partial charge in [-0.15, -0.1) is 0 Å². The molecule has 0 aliphatic rings. The SMILES string of the molecule is N/C(=N/O)c1ccc(NC(=O)c2cn[nH]c2)cc1. The summed E-state index contributed by atoms with van der Waals surface area (Å²) in [6.45, 7) is 0. The van der Waals surface area contributed by atoms with E-state index in [4.69, 9.17) is 10.9 Å². The van der Waals surface area contributed by atoms with Gasteiger partial charge in [0.25, 0.3) is 5.91 Å². The van der Waals surface area contributed by atoms with Gasteiger partial charge in [0.1, 0.15) is 0 Å². The number of rotatable bonds is 3. The number of amidine groups is 1. The molecule has 2 aromatic rings. The summed E-state index contributed by atoms with van der Waals surface area (Å²) in [5.74, 6) is -0.247. The first kappa shape index (κ1) is 11.6. The van der Waals surface area contributed by atoms with Gasteiger partial charge < -0.3 is 16.3 Å². The van der Waals surface area contributed by atoms with Crippen LogP contribution in [0.2, 0.25) is 0 Å². The summed E-state index contributed by atoms with van der Waals surface area (Å²) in [5, 5.41) is 20.3. The topological polar surface area (TPSA) is 116 Å². The van der Waals surface area contributed by atoms with Crippen LogP contribution in [0, 0.1) is 0 Å². The van der Waals surface area contributed by atoms with E-state index in [-0.39, 0.29) is 11.7 Å². The van der Waals surface area contributed by atoms with E-state index >= 15 is 0 Å². The highest BCUT2D eigenvalue weighted by molar-refractivity contribution is 6.04. The van der Waals surface area contributed by atoms with Crippen LogP contribution in [-0.4, -0.2) is 27.1 Å². The van der Waals surface area contributed by atoms with Crippen molar-refractivity contribution in [2.45, 2.75) is 0 Å². The largest absolute Gasteiger partial charge is 0.409 e. The Morgan fingerprint density at radius 1 is 1.33 bits per heavy atom. The Hall–Kier alpha value is -2.83. The van der Waals surface area contributed by atoms with Gasteiger partial charge in [-0.1, -0.05) is 5.16 Å². The minimum Gasteiger partial charge on any atom is -0.409 e. The van der Waals surface area contributed by atoms with Crippen molar-refractivity contribution >= 4 is 17.4 Å². The summed E-state index contributed by atoms with van der Waals surface area (Å²) >= 11 is 0. The van der Waals surface area contributed by atoms with Crippen LogP contribution in [0.15, 0.2) is 41.8 Å². The summed E-state index contributed by atoms with van der Waals surface area (Å²) in [5.41, 5.74) is 7.04. The van der Waals surface area contributed by atoms with Gasteiger partial charge in [-0.3, -0.25) is 9.89 Å². The minimum absolute atomic E-state index is 0.0164. The van der Waals surface area contributed by atoms with Crippen molar-refractivity contribution in [1.29, 1.82) is 0 Å². The first-order chi connectivity index (χ1) is 8.70. The third-order valence-corrected chi connectivity index (χ3v) is 2.31. The first-order valence-electron chi connectivity index (χ1n) is 5.09. The van der Waals surface area contributed by atoms with Gasteiger partial charge in [0, 0.05) is 17.4 Å². The van der Waals surface area contributed by atoms with Gasteiger partial charge >= 0.3 is 0 Å². The number of oxime groups is 1. The molecule has 1 aromatic heterocycles. The molecule has 0 fully saturated rings. The summed E-state index contributed by atoms with van der Waals surface area (Å²) in [6.07, 6.45) is 2.93. The lowest BCUT2D eigenvalue weighted by Crippen LogP contribution is -2.14. The van der Waals surface area contributed by atoms with Crippen LogP contribution in [0.3, 0.4) is 0 Å². The number of carbonyl (C=O) groups excluding carboxylic acids is 1. The Kier molecular flexibility index (Phi) is 3.24. The lowest BCUT2D eigenvalue weighted by atomic mass is 10.2. The molecule has 5 N–H and O–H groups in total. The molecule has 0 aliphatic carbocycles. The van der Waals surface area contributed by atoms with Crippen molar-refractivity contribution < 1.29 is 10.0 Å². The number of aromatic nitrogens is 2. The fourth-order valence-corrected chi connectivity index (χ4v) is 1.36. The Morgan fingerprint density at radius 3 is 2.61 bits per heavy atom. The Labute approximate surface area is 102 Å². The molecule has 0 saturated heterocycles. The van der Waals surface area contributed by atoms with Gasteiger partial charge in [0.2, 0.25) is 0 Å². The van der Waals surface area contributed by atoms with Crippen molar-refractivity contribution in [2.24, 2.45) is 10.9 Å². The van der Waals surface area contributed by atoms with E-state index in [9.17, 15) is 4.79 Å². The molecule has 0 atom stereocenters. The average molecular weight is 245 g/mol. The van der Waals surface area contributed by atoms with Crippen LogP contribution in [0.5, 0.6) is 0 Å². The van der Waals surface area contributed by atoms with Crippen molar-refractivity contribution in [3.8, 4) is 0 Å². The average Bonchev–Trinajstić information content (AvgIpc) is 2.92. The number of carbonyl (C=O) groups is 1. The highest BCUT2D eigenvalue weighted by atomic mass is 16.4. The molecule has 0 radical (unpaired) electrons. The van der Waals surface area contributed by atoms with Gasteiger partial charge in [-0.25, -0.2) is 0 Å². The molecule has 0 spiro atoms. The highest BCUT2D eigenvalue weighted by Gasteiger charge is 2.07. The maximum Gasteiger partial charge on any atom is 0.258 e. The zero-order chi connectivity index (χ0) is 13.0. The third kappa shape index (κ3) is 2.46. The van der Waals surface area contributed by atoms with E-state index in [0.29, 0.717) is 16.8 Å². The summed E-state index contributed by atoms with van der Waals surface area (Å²) in [6, 6.07) is 6.59. The molecule has 2 rings (SSSR count). The second-order valence-electron chi connectivity index (χ2n) is 3.50. The lowest BCUT2D eigenvalue weighted by Gasteiger charge is -2.04. The molecule has 1 aromatic carbocycles. The number of anilines is 1. The second kappa shape index (κ2) is 5.00. The molecule has 1 heterocycles. The molecular formula is C11H11N5O2. The number of nitrogens with one attached hydrogen (secondary N) is 2. The van der Waals surface area contributed by atoms with E-state index in [1.807, 2.05) is 0 Å². The maximum atomic E-state index is 11.7. The summed E-state index contributed by atoms with van der Waals surface area (Å²) < 4.78 is 0. The number of aromatic amines is 1. The normalized spacial score (nSPS) is 11.2. The molecule has 18 heavy (non-hydrogen) atoms. The molecule has 0 aliphatic heterocycles. The molecule has 7 nitrogen and oxygen atoms in total. The number of nitrogens with two attached hydrogens (primary N) is 1. The van der Waals surface area contributed by atoms with Crippen molar-refractivity contribution in [3.63, 3.8) is 0 Å². The predicted molar refractivity (Wildman–Crippen MR) is 65.5 cm³/mol. The fourth-order valence-electron chi connectivity index (χ4n) is 1.36. The van der Waals surface area contributed by atoms with Crippen LogP contribution < -0.4 is 11.1 Å². The number of hydrogen-bond acceptors (Lipinski definition) is 4. The van der Waals surface area contributed by atoms with Gasteiger partial charge in [0.05, 0.1) is 11.8 Å². The molecule has 0 saturated carbocycles. The summed E-state index contributed by atoms with van der Waals surface area (Å²) in [4.78, 5) is 11.7. The smallest absolute Gasteiger partial charge is 0.258 e. The van der Waals surface area contributed by atoms with Crippen LogP contribution in [0.1, 0.15) is 15.9 Å². The van der Waals surface area contributed by atoms with E-state index < -0.39 is 0 Å². The second-order valence-corrected chi connectivity index (χ2v) is 3.50. The molecule has 7 heteroatoms. The predicted octanol–water partition coefficient (Wildman–Crippen LogP) is 0.756. The lowest BCUT2D eigenvalue weighted by molar-refractivity contribution is 0.102. The maximum absolute atomic E-state index is 11.7. The Morgan fingerprint density at radius 2 is 2.06 bits per heavy atom. The van der Waals surface area contributed by atoms with Gasteiger partial charge in [-0.2, -0.15) is 5.10 Å². The highest BCUT2D eigenvalue weighted by Crippen LogP contribution is 2.10. The van der Waals surface area contributed by atoms with E-state index in [1.54, 1.807) is 24.3 Å². The monoisotopic (exact) mass is 245 g/mol. The Balaban J connectivity index is 2.09. The zero-order valence-corrected chi connectivity index (χ0v) is 9.29. The third-order valence-electron chi connectivity index (χ3n) is 2.31. The minimum atomic E-state index is -0.264. The van der Waals surface area contributed by atoms with Gasteiger partial charge in [0.15, 0.2) is 5.84 Å². The number of hydrogen-bond donors (Lipinski definition) is 4. The molecule has 0 unspecified atom stereocenters. The fraction of sp³-hybridized carbons (Fsp3) is 0. The molecule has 0 bridgehead atoms. The zero-order valence-electron chi connectivity index (χ0n) is 9.29. The van der Waals surface area contributed by atoms with Gasteiger partial charge in [-0.05, 0) is 24.3 Å². The number of benzene rings is 1. The first-order valence-corrected chi connectivity index (χ1v) is 5.09. The summed E-state index contributed by atoms with van der Waals surface area (Å²) in [7, 11) is 0. The number of amides is 1. The molecule has 92 valence electrons. The molecular weight excluding hydrogens is 234 g/mol. The van der Waals surface area contributed by atoms with Crippen molar-refractivity contribution in [2.75, 3.05) is 5.32 Å². The van der Waals surface area contributed by atoms with Crippen LogP contribution in [0.4, 0.5) is 5.69 Å². The van der Waals surface area contributed by atoms with Crippen molar-refractivity contribution in [3.05, 3.63) is 47.8 Å². The number of nitrogens with zero attached hydrogens (tertiary/aromatic N) is 2. The van der Waals surface area contributed by atoms with Crippen LogP contribution >= 0.6 is 0 Å². The van der Waals surface area contributed by atoms with Crippen LogP contribution in [-0.2, 0) is 0 Å². The van der Waals surface area contributed by atoms with E-state index in [1.165, 1.54) is 12.4 Å². The standard InChI is InChI=1S/C11H11N5O2/c12-10(16-18)7-1-3-9(4-2-7)15-11(17)8-5-13-14-6-8/h1-6,18H,(H2,12,16)(H,13,14)(H,15,17). The quantitative estimate of drug-likeness (QED) is 0.276. The number of H-pyrrole nitrogens is 1. The van der Waals surface area contributed by atoms with E-state index in [2.05, 4.69) is 20.7 Å². The van der Waals surface area contributed by atoms with Crippen LogP contribution in [0.25, 0.3) is 0 Å². The van der Waals surface area contributed by atoms with E-state index in [0.717, 1.165) is 0 Å². The Bertz CT molecular complexity index is 560. The van der Waals surface area contributed by atoms with Crippen molar-refractivity contribution in [1.82, 2.24) is 10.2 Å². The molecule has 1 amide bonds.